The fraction of sp³-hybridized carbons (Fsp3) is 0.318. The Kier molecular flexibility index (Phi) is 7.14. The summed E-state index contributed by atoms with van der Waals surface area (Å²) < 4.78 is 30.3. The van der Waals surface area contributed by atoms with Crippen molar-refractivity contribution >= 4 is 27.5 Å². The van der Waals surface area contributed by atoms with Gasteiger partial charge in [0.05, 0.1) is 18.9 Å². The SMILES string of the molecule is COC(=O)[C@@H]1C[C@@H](S(C)(=N)=O)CN1C(=O)CNC(=O)c1ccc(Oc2ccccc2)cc1. The van der Waals surface area contributed by atoms with Gasteiger partial charge in [0.15, 0.2) is 0 Å². The standard InChI is InChI=1S/C22H25N3O6S/c1-30-22(28)19-12-18(32(2,23)29)14-25(19)20(26)13-24-21(27)15-8-10-17(11-9-15)31-16-6-4-3-5-7-16/h3-11,18-19,23H,12-14H2,1-2H3,(H,24,27)/t18-,19+,32?/m1/s1. The molecule has 2 N–H and O–H groups in total. The molecular formula is C22H25N3O6S. The van der Waals surface area contributed by atoms with Gasteiger partial charge in [0.1, 0.15) is 17.5 Å². The molecule has 0 saturated carbocycles. The van der Waals surface area contributed by atoms with Crippen molar-refractivity contribution in [2.24, 2.45) is 0 Å². The zero-order valence-electron chi connectivity index (χ0n) is 17.8. The third kappa shape index (κ3) is 5.64. The molecule has 3 atom stereocenters. The second-order valence-corrected chi connectivity index (χ2v) is 9.94. The third-order valence-corrected chi connectivity index (χ3v) is 6.80. The van der Waals surface area contributed by atoms with Crippen LogP contribution in [0.25, 0.3) is 0 Å². The van der Waals surface area contributed by atoms with Gasteiger partial charge in [-0.25, -0.2) is 9.00 Å². The van der Waals surface area contributed by atoms with Gasteiger partial charge in [0, 0.05) is 28.1 Å². The highest BCUT2D eigenvalue weighted by Crippen LogP contribution is 2.24. The number of amides is 2. The topological polar surface area (TPSA) is 126 Å². The fourth-order valence-corrected chi connectivity index (χ4v) is 4.41. The highest BCUT2D eigenvalue weighted by atomic mass is 32.2. The average molecular weight is 460 g/mol. The van der Waals surface area contributed by atoms with E-state index in [0.717, 1.165) is 0 Å². The van der Waals surface area contributed by atoms with Crippen LogP contribution >= 0.6 is 0 Å². The summed E-state index contributed by atoms with van der Waals surface area (Å²) in [6.07, 6.45) is 1.38. The first-order chi connectivity index (χ1) is 15.2. The Morgan fingerprint density at radius 2 is 1.72 bits per heavy atom. The quantitative estimate of drug-likeness (QED) is 0.610. The minimum Gasteiger partial charge on any atom is -0.467 e. The van der Waals surface area contributed by atoms with Crippen LogP contribution in [-0.2, 0) is 24.1 Å². The molecule has 1 aliphatic heterocycles. The Labute approximate surface area is 186 Å². The zero-order chi connectivity index (χ0) is 23.3. The van der Waals surface area contributed by atoms with Crippen molar-refractivity contribution in [3.8, 4) is 11.5 Å². The second kappa shape index (κ2) is 9.82. The lowest BCUT2D eigenvalue weighted by Crippen LogP contribution is -2.46. The molecule has 1 unspecified atom stereocenters. The lowest BCUT2D eigenvalue weighted by Gasteiger charge is -2.22. The summed E-state index contributed by atoms with van der Waals surface area (Å²) >= 11 is 0. The van der Waals surface area contributed by atoms with E-state index in [1.54, 1.807) is 24.3 Å². The Morgan fingerprint density at radius 1 is 1.09 bits per heavy atom. The highest BCUT2D eigenvalue weighted by molar-refractivity contribution is 7.92. The number of ether oxygens (including phenoxy) is 2. The van der Waals surface area contributed by atoms with E-state index in [-0.39, 0.29) is 19.5 Å². The van der Waals surface area contributed by atoms with Gasteiger partial charge in [-0.2, -0.15) is 0 Å². The maximum atomic E-state index is 12.7. The Balaban J connectivity index is 1.59. The Hall–Kier alpha value is -3.40. The molecule has 0 aliphatic carbocycles. The van der Waals surface area contributed by atoms with Crippen LogP contribution in [0, 0.1) is 4.78 Å². The van der Waals surface area contributed by atoms with E-state index in [1.807, 2.05) is 30.3 Å². The average Bonchev–Trinajstić information content (AvgIpc) is 3.24. The third-order valence-electron chi connectivity index (χ3n) is 5.19. The van der Waals surface area contributed by atoms with Crippen molar-refractivity contribution < 1.29 is 28.1 Å². The van der Waals surface area contributed by atoms with Gasteiger partial charge in [-0.1, -0.05) is 18.2 Å². The molecule has 0 aromatic heterocycles. The number of nitrogens with zero attached hydrogens (tertiary/aromatic N) is 1. The van der Waals surface area contributed by atoms with Gasteiger partial charge in [-0.15, -0.1) is 0 Å². The lowest BCUT2D eigenvalue weighted by molar-refractivity contribution is -0.150. The zero-order valence-corrected chi connectivity index (χ0v) is 18.6. The van der Waals surface area contributed by atoms with Crippen molar-refractivity contribution in [2.75, 3.05) is 26.5 Å². The highest BCUT2D eigenvalue weighted by Gasteiger charge is 2.42. The van der Waals surface area contributed by atoms with Crippen LogP contribution in [0.4, 0.5) is 0 Å². The number of para-hydroxylation sites is 1. The van der Waals surface area contributed by atoms with Crippen LogP contribution in [0.2, 0.25) is 0 Å². The predicted molar refractivity (Wildman–Crippen MR) is 118 cm³/mol. The number of likely N-dealkylation sites (tertiary alicyclic amines) is 1. The van der Waals surface area contributed by atoms with Crippen LogP contribution in [0.1, 0.15) is 16.8 Å². The van der Waals surface area contributed by atoms with Gasteiger partial charge in [0.25, 0.3) is 5.91 Å². The van der Waals surface area contributed by atoms with Gasteiger partial charge in [0.2, 0.25) is 5.91 Å². The summed E-state index contributed by atoms with van der Waals surface area (Å²) in [6.45, 7) is -0.344. The summed E-state index contributed by atoms with van der Waals surface area (Å²) in [5.74, 6) is -0.377. The summed E-state index contributed by atoms with van der Waals surface area (Å²) in [6, 6.07) is 14.7. The summed E-state index contributed by atoms with van der Waals surface area (Å²) in [7, 11) is -1.74. The number of benzene rings is 2. The monoisotopic (exact) mass is 459 g/mol. The predicted octanol–water partition coefficient (Wildman–Crippen LogP) is 2.03. The first-order valence-corrected chi connectivity index (χ1v) is 11.9. The molecule has 9 nitrogen and oxygen atoms in total. The number of esters is 1. The first-order valence-electron chi connectivity index (χ1n) is 9.90. The van der Waals surface area contributed by atoms with Crippen LogP contribution in [-0.4, -0.2) is 64.6 Å². The van der Waals surface area contributed by atoms with Crippen LogP contribution in [0.15, 0.2) is 54.6 Å². The van der Waals surface area contributed by atoms with E-state index in [2.05, 4.69) is 5.32 Å². The minimum atomic E-state index is -2.95. The molecule has 1 heterocycles. The van der Waals surface area contributed by atoms with Gasteiger partial charge < -0.3 is 19.7 Å². The number of carbonyl (C=O) groups excluding carboxylic acids is 3. The minimum absolute atomic E-state index is 0.00117. The smallest absolute Gasteiger partial charge is 0.328 e. The van der Waals surface area contributed by atoms with E-state index in [9.17, 15) is 18.6 Å². The Morgan fingerprint density at radius 3 is 2.31 bits per heavy atom. The molecule has 3 rings (SSSR count). The van der Waals surface area contributed by atoms with E-state index < -0.39 is 38.8 Å². The molecule has 32 heavy (non-hydrogen) atoms. The molecule has 10 heteroatoms. The lowest BCUT2D eigenvalue weighted by atomic mass is 10.2. The second-order valence-electron chi connectivity index (χ2n) is 7.47. The Bertz CT molecular complexity index is 1090. The van der Waals surface area contributed by atoms with Crippen LogP contribution in [0.3, 0.4) is 0 Å². The van der Waals surface area contributed by atoms with E-state index in [1.165, 1.54) is 18.3 Å². The molecule has 2 aromatic carbocycles. The molecule has 1 saturated heterocycles. The number of hydrogen-bond acceptors (Lipinski definition) is 7. The molecular weight excluding hydrogens is 434 g/mol. The van der Waals surface area contributed by atoms with Gasteiger partial charge >= 0.3 is 5.97 Å². The van der Waals surface area contributed by atoms with Crippen molar-refractivity contribution in [1.82, 2.24) is 10.2 Å². The number of methoxy groups -OCH3 is 1. The van der Waals surface area contributed by atoms with Crippen molar-refractivity contribution in [3.63, 3.8) is 0 Å². The summed E-state index contributed by atoms with van der Waals surface area (Å²) in [5, 5.41) is 1.90. The van der Waals surface area contributed by atoms with Crippen molar-refractivity contribution in [3.05, 3.63) is 60.2 Å². The van der Waals surface area contributed by atoms with Crippen LogP contribution < -0.4 is 10.1 Å². The largest absolute Gasteiger partial charge is 0.467 e. The maximum Gasteiger partial charge on any atom is 0.328 e. The maximum absolute atomic E-state index is 12.7. The molecule has 0 bridgehead atoms. The van der Waals surface area contributed by atoms with Crippen molar-refractivity contribution in [1.29, 1.82) is 4.78 Å². The van der Waals surface area contributed by atoms with E-state index in [4.69, 9.17) is 14.3 Å². The van der Waals surface area contributed by atoms with Crippen LogP contribution in [0.5, 0.6) is 11.5 Å². The fourth-order valence-electron chi connectivity index (χ4n) is 3.42. The molecule has 0 radical (unpaired) electrons. The number of hydrogen-bond donors (Lipinski definition) is 2. The number of nitrogens with one attached hydrogen (secondary N) is 2. The molecule has 170 valence electrons. The van der Waals surface area contributed by atoms with Gasteiger partial charge in [-0.05, 0) is 42.8 Å². The molecule has 0 spiro atoms. The molecule has 1 fully saturated rings. The summed E-state index contributed by atoms with van der Waals surface area (Å²) in [4.78, 5) is 38.4. The van der Waals surface area contributed by atoms with Crippen molar-refractivity contribution in [2.45, 2.75) is 17.7 Å². The first kappa shape index (κ1) is 23.3. The molecule has 1 aliphatic rings. The molecule has 2 amide bonds. The van der Waals surface area contributed by atoms with Gasteiger partial charge in [-0.3, -0.25) is 14.4 Å². The normalized spacial score (nSPS) is 19.6. The van der Waals surface area contributed by atoms with E-state index in [0.29, 0.717) is 17.1 Å². The molecule has 2 aromatic rings. The number of carbonyl (C=O) groups is 3. The number of rotatable bonds is 7. The van der Waals surface area contributed by atoms with E-state index >= 15 is 0 Å². The summed E-state index contributed by atoms with van der Waals surface area (Å²) in [5.41, 5.74) is 0.338.